The van der Waals surface area contributed by atoms with Crippen molar-refractivity contribution in [3.63, 3.8) is 0 Å². The van der Waals surface area contributed by atoms with Crippen LogP contribution in [0.1, 0.15) is 18.9 Å². The smallest absolute Gasteiger partial charge is 0.328 e. The first kappa shape index (κ1) is 17.0. The standard InChI is InChI=1S/C19H20N2O4/c1-2-24-18-15(4-3-10-20-18)14-7-5-13(6-8-14)12-17(22)21-16-9-11-25-19(16)23/h3-8,10,16H,2,9,11-12H2,1H3,(H,21,22)/t16-/m1/s1. The molecule has 1 N–H and O–H groups in total. The average molecular weight is 340 g/mol. The van der Waals surface area contributed by atoms with Gasteiger partial charge in [0.2, 0.25) is 11.8 Å². The average Bonchev–Trinajstić information content (AvgIpc) is 3.01. The van der Waals surface area contributed by atoms with E-state index in [9.17, 15) is 9.59 Å². The fourth-order valence-electron chi connectivity index (χ4n) is 2.72. The molecule has 0 spiro atoms. The summed E-state index contributed by atoms with van der Waals surface area (Å²) in [7, 11) is 0. The Morgan fingerprint density at radius 1 is 1.32 bits per heavy atom. The fraction of sp³-hybridized carbons (Fsp3) is 0.316. The number of esters is 1. The Balaban J connectivity index is 1.66. The second kappa shape index (κ2) is 7.79. The van der Waals surface area contributed by atoms with Crippen LogP contribution in [0.3, 0.4) is 0 Å². The number of cyclic esters (lactones) is 1. The van der Waals surface area contributed by atoms with Crippen molar-refractivity contribution in [1.29, 1.82) is 0 Å². The molecule has 3 rings (SSSR count). The highest BCUT2D eigenvalue weighted by Gasteiger charge is 2.27. The molecule has 1 amide bonds. The number of carbonyl (C=O) groups excluding carboxylic acids is 2. The van der Waals surface area contributed by atoms with Gasteiger partial charge >= 0.3 is 5.97 Å². The molecule has 1 aliphatic heterocycles. The van der Waals surface area contributed by atoms with Gasteiger partial charge < -0.3 is 14.8 Å². The number of benzene rings is 1. The Morgan fingerprint density at radius 3 is 2.80 bits per heavy atom. The first-order valence-electron chi connectivity index (χ1n) is 8.30. The molecule has 2 heterocycles. The van der Waals surface area contributed by atoms with Gasteiger partial charge in [-0.3, -0.25) is 4.79 Å². The number of aromatic nitrogens is 1. The van der Waals surface area contributed by atoms with Gasteiger partial charge in [0.1, 0.15) is 6.04 Å². The van der Waals surface area contributed by atoms with Gasteiger partial charge in [0.05, 0.1) is 19.6 Å². The Bertz CT molecular complexity index is 758. The maximum Gasteiger partial charge on any atom is 0.328 e. The third-order valence-electron chi connectivity index (χ3n) is 3.95. The molecule has 1 aromatic carbocycles. The molecule has 0 unspecified atom stereocenters. The van der Waals surface area contributed by atoms with Crippen LogP contribution in [0.15, 0.2) is 42.6 Å². The summed E-state index contributed by atoms with van der Waals surface area (Å²) in [5.74, 6) is 0.0481. The quantitative estimate of drug-likeness (QED) is 0.815. The molecule has 6 nitrogen and oxygen atoms in total. The maximum atomic E-state index is 12.1. The lowest BCUT2D eigenvalue weighted by atomic mass is 10.0. The lowest BCUT2D eigenvalue weighted by Crippen LogP contribution is -2.38. The molecule has 1 saturated heterocycles. The van der Waals surface area contributed by atoms with Crippen LogP contribution in [-0.2, 0) is 20.7 Å². The summed E-state index contributed by atoms with van der Waals surface area (Å²) in [6, 6.07) is 11.0. The molecule has 0 radical (unpaired) electrons. The van der Waals surface area contributed by atoms with Crippen molar-refractivity contribution < 1.29 is 19.1 Å². The molecule has 130 valence electrons. The van der Waals surface area contributed by atoms with Crippen LogP contribution in [0.25, 0.3) is 11.1 Å². The van der Waals surface area contributed by atoms with Crippen LogP contribution in [-0.4, -0.2) is 36.1 Å². The van der Waals surface area contributed by atoms with Gasteiger partial charge in [-0.05, 0) is 30.2 Å². The van der Waals surface area contributed by atoms with Gasteiger partial charge in [0, 0.05) is 18.2 Å². The monoisotopic (exact) mass is 340 g/mol. The summed E-state index contributed by atoms with van der Waals surface area (Å²) in [4.78, 5) is 27.7. The number of hydrogen-bond donors (Lipinski definition) is 1. The van der Waals surface area contributed by atoms with Crippen molar-refractivity contribution in [2.24, 2.45) is 0 Å². The van der Waals surface area contributed by atoms with Crippen molar-refractivity contribution in [1.82, 2.24) is 10.3 Å². The molecule has 1 aliphatic rings. The largest absolute Gasteiger partial charge is 0.478 e. The van der Waals surface area contributed by atoms with Gasteiger partial charge in [-0.1, -0.05) is 24.3 Å². The second-order valence-electron chi connectivity index (χ2n) is 5.74. The molecule has 0 aliphatic carbocycles. The van der Waals surface area contributed by atoms with Crippen LogP contribution < -0.4 is 10.1 Å². The number of carbonyl (C=O) groups is 2. The zero-order chi connectivity index (χ0) is 17.6. The van der Waals surface area contributed by atoms with Crippen molar-refractivity contribution in [3.8, 4) is 17.0 Å². The minimum Gasteiger partial charge on any atom is -0.478 e. The van der Waals surface area contributed by atoms with E-state index in [1.807, 2.05) is 43.3 Å². The molecule has 0 bridgehead atoms. The van der Waals surface area contributed by atoms with E-state index in [1.54, 1.807) is 6.20 Å². The number of nitrogens with zero attached hydrogens (tertiary/aromatic N) is 1. The van der Waals surface area contributed by atoms with Gasteiger partial charge in [0.15, 0.2) is 0 Å². The normalized spacial score (nSPS) is 16.4. The van der Waals surface area contributed by atoms with Crippen molar-refractivity contribution >= 4 is 11.9 Å². The zero-order valence-corrected chi connectivity index (χ0v) is 14.0. The minimum atomic E-state index is -0.518. The van der Waals surface area contributed by atoms with Crippen molar-refractivity contribution in [2.45, 2.75) is 25.8 Å². The summed E-state index contributed by atoms with van der Waals surface area (Å²) in [6.07, 6.45) is 2.45. The van der Waals surface area contributed by atoms with Gasteiger partial charge in [0.25, 0.3) is 0 Å². The minimum absolute atomic E-state index is 0.187. The van der Waals surface area contributed by atoms with Gasteiger partial charge in [-0.2, -0.15) is 0 Å². The second-order valence-corrected chi connectivity index (χ2v) is 5.74. The summed E-state index contributed by atoms with van der Waals surface area (Å²) in [6.45, 7) is 2.83. The van der Waals surface area contributed by atoms with Crippen LogP contribution in [0, 0.1) is 0 Å². The van der Waals surface area contributed by atoms with Crippen LogP contribution >= 0.6 is 0 Å². The summed E-state index contributed by atoms with van der Waals surface area (Å²) in [5.41, 5.74) is 2.75. The first-order chi connectivity index (χ1) is 12.2. The lowest BCUT2D eigenvalue weighted by molar-refractivity contribution is -0.141. The van der Waals surface area contributed by atoms with Crippen molar-refractivity contribution in [2.75, 3.05) is 13.2 Å². The van der Waals surface area contributed by atoms with E-state index in [-0.39, 0.29) is 18.3 Å². The highest BCUT2D eigenvalue weighted by molar-refractivity contribution is 5.86. The Labute approximate surface area is 146 Å². The Hall–Kier alpha value is -2.89. The molecule has 6 heteroatoms. The first-order valence-corrected chi connectivity index (χ1v) is 8.30. The SMILES string of the molecule is CCOc1ncccc1-c1ccc(CC(=O)N[C@@H]2CCOC2=O)cc1. The van der Waals surface area contributed by atoms with Gasteiger partial charge in [-0.15, -0.1) is 0 Å². The highest BCUT2D eigenvalue weighted by atomic mass is 16.5. The lowest BCUT2D eigenvalue weighted by Gasteiger charge is -2.10. The summed E-state index contributed by atoms with van der Waals surface area (Å²) in [5, 5.41) is 2.71. The molecular weight excluding hydrogens is 320 g/mol. The summed E-state index contributed by atoms with van der Waals surface area (Å²) >= 11 is 0. The van der Waals surface area contributed by atoms with Gasteiger partial charge in [-0.25, -0.2) is 9.78 Å². The van der Waals surface area contributed by atoms with E-state index in [2.05, 4.69) is 10.3 Å². The molecule has 25 heavy (non-hydrogen) atoms. The maximum absolute atomic E-state index is 12.1. The topological polar surface area (TPSA) is 77.5 Å². The van der Waals surface area contributed by atoms with E-state index in [1.165, 1.54) is 0 Å². The molecule has 1 aromatic heterocycles. The molecular formula is C19H20N2O4. The van der Waals surface area contributed by atoms with Crippen LogP contribution in [0.5, 0.6) is 5.88 Å². The molecule has 1 atom stereocenters. The third kappa shape index (κ3) is 4.15. The predicted molar refractivity (Wildman–Crippen MR) is 92.1 cm³/mol. The fourth-order valence-corrected chi connectivity index (χ4v) is 2.72. The third-order valence-corrected chi connectivity index (χ3v) is 3.95. The predicted octanol–water partition coefficient (Wildman–Crippen LogP) is 2.12. The highest BCUT2D eigenvalue weighted by Crippen LogP contribution is 2.28. The molecule has 2 aromatic rings. The molecule has 0 saturated carbocycles. The number of rotatable bonds is 6. The number of amides is 1. The van der Waals surface area contributed by atoms with E-state index in [0.29, 0.717) is 25.5 Å². The zero-order valence-electron chi connectivity index (χ0n) is 14.0. The summed E-state index contributed by atoms with van der Waals surface area (Å²) < 4.78 is 10.4. The van der Waals surface area contributed by atoms with Crippen LogP contribution in [0.2, 0.25) is 0 Å². The van der Waals surface area contributed by atoms with E-state index in [0.717, 1.165) is 16.7 Å². The molecule has 1 fully saturated rings. The number of hydrogen-bond acceptors (Lipinski definition) is 5. The Kier molecular flexibility index (Phi) is 5.28. The Morgan fingerprint density at radius 2 is 2.12 bits per heavy atom. The number of nitrogens with one attached hydrogen (secondary N) is 1. The van der Waals surface area contributed by atoms with E-state index in [4.69, 9.17) is 9.47 Å². The number of ether oxygens (including phenoxy) is 2. The van der Waals surface area contributed by atoms with E-state index < -0.39 is 6.04 Å². The van der Waals surface area contributed by atoms with E-state index >= 15 is 0 Å². The van der Waals surface area contributed by atoms with Crippen LogP contribution in [0.4, 0.5) is 0 Å². The van der Waals surface area contributed by atoms with Crippen molar-refractivity contribution in [3.05, 3.63) is 48.2 Å². The number of pyridine rings is 1.